The number of hydrogen-bond acceptors (Lipinski definition) is 6. The fourth-order valence-corrected chi connectivity index (χ4v) is 3.71. The summed E-state index contributed by atoms with van der Waals surface area (Å²) in [5, 5.41) is 0.293. The van der Waals surface area contributed by atoms with Crippen LogP contribution in [-0.2, 0) is 4.74 Å². The normalized spacial score (nSPS) is 11.0. The Bertz CT molecular complexity index is 1350. The van der Waals surface area contributed by atoms with Crippen molar-refractivity contribution in [1.82, 2.24) is 9.55 Å². The molecule has 0 radical (unpaired) electrons. The van der Waals surface area contributed by atoms with E-state index in [4.69, 9.17) is 14.2 Å². The molecule has 0 aliphatic carbocycles. The number of hydrogen-bond donors (Lipinski definition) is 0. The summed E-state index contributed by atoms with van der Waals surface area (Å²) in [4.78, 5) is 19.0. The van der Waals surface area contributed by atoms with Crippen LogP contribution in [0, 0.1) is 11.6 Å². The molecule has 3 aromatic carbocycles. The molecule has 4 rings (SSSR count). The zero-order valence-corrected chi connectivity index (χ0v) is 18.9. The fourth-order valence-electron chi connectivity index (χ4n) is 3.71. The van der Waals surface area contributed by atoms with Gasteiger partial charge in [0.25, 0.3) is 5.56 Å². The lowest BCUT2D eigenvalue weighted by Crippen LogP contribution is -2.25. The molecule has 0 aliphatic rings. The van der Waals surface area contributed by atoms with Gasteiger partial charge in [-0.1, -0.05) is 18.2 Å². The molecule has 176 valence electrons. The topological polar surface area (TPSA) is 65.8 Å². The van der Waals surface area contributed by atoms with Crippen LogP contribution in [-0.4, -0.2) is 44.0 Å². The van der Waals surface area contributed by atoms with Gasteiger partial charge in [-0.3, -0.25) is 9.36 Å². The first kappa shape index (κ1) is 23.2. The molecule has 0 N–H and O–H groups in total. The summed E-state index contributed by atoms with van der Waals surface area (Å²) >= 11 is 0. The third-order valence-electron chi connectivity index (χ3n) is 5.43. The highest BCUT2D eigenvalue weighted by Crippen LogP contribution is 2.40. The molecule has 0 amide bonds. The van der Waals surface area contributed by atoms with E-state index in [0.29, 0.717) is 22.3 Å². The lowest BCUT2D eigenvalue weighted by molar-refractivity contribution is 0.207. The number of anilines is 2. The average molecular weight is 467 g/mol. The van der Waals surface area contributed by atoms with Crippen molar-refractivity contribution in [1.29, 1.82) is 0 Å². The number of para-hydroxylation sites is 1. The molecule has 4 aromatic rings. The Morgan fingerprint density at radius 2 is 1.62 bits per heavy atom. The Kier molecular flexibility index (Phi) is 6.74. The largest absolute Gasteiger partial charge is 0.493 e. The summed E-state index contributed by atoms with van der Waals surface area (Å²) in [6.07, 6.45) is 1.45. The smallest absolute Gasteiger partial charge is 0.265 e. The number of rotatable bonds is 8. The van der Waals surface area contributed by atoms with Crippen molar-refractivity contribution in [2.45, 2.75) is 0 Å². The fraction of sp³-hybridized carbons (Fsp3) is 0.200. The first-order chi connectivity index (χ1) is 16.5. The van der Waals surface area contributed by atoms with Crippen LogP contribution in [0.25, 0.3) is 16.6 Å². The van der Waals surface area contributed by atoms with Crippen LogP contribution in [0.5, 0.6) is 11.5 Å². The minimum absolute atomic E-state index is 0.0965. The second-order valence-corrected chi connectivity index (χ2v) is 7.36. The van der Waals surface area contributed by atoms with Gasteiger partial charge in [-0.25, -0.2) is 13.8 Å². The van der Waals surface area contributed by atoms with Crippen molar-refractivity contribution in [2.24, 2.45) is 0 Å². The molecule has 34 heavy (non-hydrogen) atoms. The van der Waals surface area contributed by atoms with Gasteiger partial charge < -0.3 is 19.1 Å². The lowest BCUT2D eigenvalue weighted by atomic mass is 10.1. The third-order valence-corrected chi connectivity index (χ3v) is 5.43. The Balaban J connectivity index is 1.92. The van der Waals surface area contributed by atoms with Gasteiger partial charge in [-0.2, -0.15) is 0 Å². The monoisotopic (exact) mass is 467 g/mol. The molecule has 0 saturated heterocycles. The van der Waals surface area contributed by atoms with Crippen LogP contribution in [0.3, 0.4) is 0 Å². The highest BCUT2D eigenvalue weighted by atomic mass is 19.1. The summed E-state index contributed by atoms with van der Waals surface area (Å²) in [7, 11) is 4.05. The molecule has 0 bridgehead atoms. The summed E-state index contributed by atoms with van der Waals surface area (Å²) in [5.41, 5.74) is 0.797. The predicted molar refractivity (Wildman–Crippen MR) is 126 cm³/mol. The predicted octanol–water partition coefficient (Wildman–Crippen LogP) is 4.47. The summed E-state index contributed by atoms with van der Waals surface area (Å²) in [6.45, 7) is 0.261. The standard InChI is InChI=1S/C25H23F2N3O4/c1-32-12-11-29(24-22(26)20(33-2)14-21(34-3)23(24)27)17-9-10-19-18(13-17)25(31)30(15-28-19)16-7-5-4-6-8-16/h4-10,13-15H,11-12H2,1-3H3. The summed E-state index contributed by atoms with van der Waals surface area (Å²) < 4.78 is 47.4. The van der Waals surface area contributed by atoms with Crippen molar-refractivity contribution in [2.75, 3.05) is 39.4 Å². The van der Waals surface area contributed by atoms with Gasteiger partial charge in [0.15, 0.2) is 23.1 Å². The number of fused-ring (bicyclic) bond motifs is 1. The quantitative estimate of drug-likeness (QED) is 0.381. The Labute approximate surface area is 194 Å². The van der Waals surface area contributed by atoms with Crippen LogP contribution < -0.4 is 19.9 Å². The van der Waals surface area contributed by atoms with Crippen LogP contribution in [0.15, 0.2) is 65.7 Å². The van der Waals surface area contributed by atoms with Crippen LogP contribution >= 0.6 is 0 Å². The van der Waals surface area contributed by atoms with Gasteiger partial charge in [0.2, 0.25) is 0 Å². The number of ether oxygens (including phenoxy) is 3. The molecule has 0 fully saturated rings. The first-order valence-corrected chi connectivity index (χ1v) is 10.4. The van der Waals surface area contributed by atoms with Gasteiger partial charge in [0.05, 0.1) is 37.4 Å². The van der Waals surface area contributed by atoms with Crippen molar-refractivity contribution in [3.05, 3.63) is 82.9 Å². The molecule has 0 spiro atoms. The molecular weight excluding hydrogens is 444 g/mol. The van der Waals surface area contributed by atoms with Crippen molar-refractivity contribution >= 4 is 22.3 Å². The number of benzene rings is 3. The maximum atomic E-state index is 15.3. The highest BCUT2D eigenvalue weighted by molar-refractivity contribution is 5.84. The SMILES string of the molecule is COCCN(c1ccc2ncn(-c3ccccc3)c(=O)c2c1)c1c(F)c(OC)cc(OC)c1F. The molecule has 1 heterocycles. The molecular formula is C25H23F2N3O4. The van der Waals surface area contributed by atoms with E-state index in [0.717, 1.165) is 6.07 Å². The van der Waals surface area contributed by atoms with Gasteiger partial charge in [-0.05, 0) is 30.3 Å². The zero-order chi connectivity index (χ0) is 24.2. The van der Waals surface area contributed by atoms with E-state index in [9.17, 15) is 4.79 Å². The Morgan fingerprint density at radius 1 is 0.941 bits per heavy atom. The van der Waals surface area contributed by atoms with Gasteiger partial charge >= 0.3 is 0 Å². The number of halogens is 2. The van der Waals surface area contributed by atoms with E-state index >= 15 is 8.78 Å². The molecule has 9 heteroatoms. The van der Waals surface area contributed by atoms with Gasteiger partial charge in [0, 0.05) is 25.4 Å². The molecule has 7 nitrogen and oxygen atoms in total. The van der Waals surface area contributed by atoms with Gasteiger partial charge in [0.1, 0.15) is 12.0 Å². The Hall–Kier alpha value is -3.98. The highest BCUT2D eigenvalue weighted by Gasteiger charge is 2.26. The molecule has 0 atom stereocenters. The second kappa shape index (κ2) is 9.88. The molecule has 0 unspecified atom stereocenters. The van der Waals surface area contributed by atoms with Crippen molar-refractivity contribution in [3.63, 3.8) is 0 Å². The van der Waals surface area contributed by atoms with Crippen LogP contribution in [0.1, 0.15) is 0 Å². The van der Waals surface area contributed by atoms with E-state index < -0.39 is 11.6 Å². The van der Waals surface area contributed by atoms with Gasteiger partial charge in [-0.15, -0.1) is 0 Å². The summed E-state index contributed by atoms with van der Waals surface area (Å²) in [5.74, 6) is -2.15. The minimum Gasteiger partial charge on any atom is -0.493 e. The Morgan fingerprint density at radius 3 is 2.24 bits per heavy atom. The number of methoxy groups -OCH3 is 3. The van der Waals surface area contributed by atoms with Crippen molar-refractivity contribution < 1.29 is 23.0 Å². The van der Waals surface area contributed by atoms with Crippen LogP contribution in [0.4, 0.5) is 20.2 Å². The van der Waals surface area contributed by atoms with E-state index in [1.807, 2.05) is 18.2 Å². The maximum absolute atomic E-state index is 15.3. The minimum atomic E-state index is -0.898. The molecule has 0 aliphatic heterocycles. The lowest BCUT2D eigenvalue weighted by Gasteiger charge is -2.27. The second-order valence-electron chi connectivity index (χ2n) is 7.36. The summed E-state index contributed by atoms with van der Waals surface area (Å²) in [6, 6.07) is 15.0. The number of aromatic nitrogens is 2. The average Bonchev–Trinajstić information content (AvgIpc) is 2.87. The van der Waals surface area contributed by atoms with E-state index in [2.05, 4.69) is 4.98 Å². The molecule has 0 saturated carbocycles. The first-order valence-electron chi connectivity index (χ1n) is 10.4. The zero-order valence-electron chi connectivity index (χ0n) is 18.9. The van der Waals surface area contributed by atoms with Crippen LogP contribution in [0.2, 0.25) is 0 Å². The molecule has 1 aromatic heterocycles. The number of nitrogens with zero attached hydrogens (tertiary/aromatic N) is 3. The van der Waals surface area contributed by atoms with E-state index in [-0.39, 0.29) is 35.9 Å². The van der Waals surface area contributed by atoms with E-state index in [1.165, 1.54) is 37.1 Å². The third kappa shape index (κ3) is 4.17. The van der Waals surface area contributed by atoms with E-state index in [1.54, 1.807) is 30.3 Å². The van der Waals surface area contributed by atoms with Crippen molar-refractivity contribution in [3.8, 4) is 17.2 Å². The maximum Gasteiger partial charge on any atom is 0.265 e.